The maximum atomic E-state index is 10.5. The van der Waals surface area contributed by atoms with Gasteiger partial charge in [0.05, 0.1) is 11.1 Å². The Morgan fingerprint density at radius 3 is 2.75 bits per heavy atom. The number of aliphatic carboxylic acids is 1. The van der Waals surface area contributed by atoms with Gasteiger partial charge in [0, 0.05) is 16.1 Å². The number of hydrogen-bond acceptors (Lipinski definition) is 2. The van der Waals surface area contributed by atoms with Crippen molar-refractivity contribution >= 4 is 43.9 Å². The molecule has 5 heteroatoms. The van der Waals surface area contributed by atoms with Gasteiger partial charge in [-0.15, -0.1) is 0 Å². The first kappa shape index (κ1) is 13.3. The van der Waals surface area contributed by atoms with Crippen molar-refractivity contribution in [3.05, 3.63) is 32.7 Å². The van der Waals surface area contributed by atoms with Gasteiger partial charge in [-0.2, -0.15) is 0 Å². The van der Waals surface area contributed by atoms with Gasteiger partial charge in [-0.1, -0.05) is 15.9 Å². The molecule has 0 aliphatic rings. The molecule has 1 rings (SSSR count). The van der Waals surface area contributed by atoms with E-state index >= 15 is 0 Å². The van der Waals surface area contributed by atoms with Crippen molar-refractivity contribution in [2.75, 3.05) is 6.61 Å². The van der Waals surface area contributed by atoms with Crippen LogP contribution >= 0.6 is 31.9 Å². The zero-order valence-corrected chi connectivity index (χ0v) is 11.7. The summed E-state index contributed by atoms with van der Waals surface area (Å²) in [5.74, 6) is -0.346. The third-order valence-electron chi connectivity index (χ3n) is 1.73. The van der Waals surface area contributed by atoms with Crippen molar-refractivity contribution in [1.29, 1.82) is 0 Å². The molecule has 1 aromatic rings. The first-order valence-corrected chi connectivity index (χ1v) is 6.16. The summed E-state index contributed by atoms with van der Waals surface area (Å²) < 4.78 is 7.08. The van der Waals surface area contributed by atoms with E-state index in [1.807, 2.05) is 13.0 Å². The molecular weight excluding hydrogens is 340 g/mol. The Bertz CT molecular complexity index is 427. The van der Waals surface area contributed by atoms with Crippen molar-refractivity contribution in [3.63, 3.8) is 0 Å². The summed E-state index contributed by atoms with van der Waals surface area (Å²) >= 11 is 6.71. The molecule has 0 aromatic heterocycles. The molecule has 0 saturated heterocycles. The molecule has 86 valence electrons. The zero-order chi connectivity index (χ0) is 12.1. The lowest BCUT2D eigenvalue weighted by molar-refractivity contribution is -0.131. The predicted octanol–water partition coefficient (Wildman–Crippen LogP) is 3.71. The van der Waals surface area contributed by atoms with Crippen molar-refractivity contribution in [2.45, 2.75) is 6.92 Å². The molecule has 1 aromatic carbocycles. The third-order valence-corrected chi connectivity index (χ3v) is 2.78. The van der Waals surface area contributed by atoms with E-state index in [2.05, 4.69) is 31.9 Å². The lowest BCUT2D eigenvalue weighted by Crippen LogP contribution is -1.96. The van der Waals surface area contributed by atoms with Gasteiger partial charge >= 0.3 is 5.97 Å². The Balaban J connectivity index is 3.18. The van der Waals surface area contributed by atoms with Crippen molar-refractivity contribution < 1.29 is 14.6 Å². The van der Waals surface area contributed by atoms with Gasteiger partial charge in [-0.3, -0.25) is 0 Å². The normalized spacial score (nSPS) is 10.7. The molecule has 1 N–H and O–H groups in total. The van der Waals surface area contributed by atoms with Gasteiger partial charge in [0.1, 0.15) is 5.75 Å². The van der Waals surface area contributed by atoms with E-state index < -0.39 is 5.97 Å². The Hall–Kier alpha value is -0.810. The number of ether oxygens (including phenoxy) is 1. The molecule has 0 unspecified atom stereocenters. The summed E-state index contributed by atoms with van der Waals surface area (Å²) in [5.41, 5.74) is 0.713. The van der Waals surface area contributed by atoms with Crippen LogP contribution in [0.3, 0.4) is 0 Å². The quantitative estimate of drug-likeness (QED) is 0.843. The van der Waals surface area contributed by atoms with E-state index in [1.54, 1.807) is 6.07 Å². The van der Waals surface area contributed by atoms with E-state index in [9.17, 15) is 4.79 Å². The van der Waals surface area contributed by atoms with Crippen LogP contribution in [0.1, 0.15) is 12.5 Å². The van der Waals surface area contributed by atoms with E-state index in [1.165, 1.54) is 6.08 Å². The lowest BCUT2D eigenvalue weighted by Gasteiger charge is -2.10. The van der Waals surface area contributed by atoms with E-state index in [0.717, 1.165) is 15.0 Å². The summed E-state index contributed by atoms with van der Waals surface area (Å²) in [6, 6.07) is 3.65. The largest absolute Gasteiger partial charge is 0.492 e. The standard InChI is InChI=1S/C11H10Br2O3/c1-2-16-11-7(3-4-10(14)15)5-8(12)6-9(11)13/h3-6H,2H2,1H3,(H,14,15)/b4-3+. The smallest absolute Gasteiger partial charge is 0.328 e. The van der Waals surface area contributed by atoms with Crippen molar-refractivity contribution in [2.24, 2.45) is 0 Å². The highest BCUT2D eigenvalue weighted by atomic mass is 79.9. The second-order valence-corrected chi connectivity index (χ2v) is 4.68. The van der Waals surface area contributed by atoms with Crippen LogP contribution in [0.2, 0.25) is 0 Å². The Morgan fingerprint density at radius 1 is 1.50 bits per heavy atom. The monoisotopic (exact) mass is 348 g/mol. The maximum Gasteiger partial charge on any atom is 0.328 e. The van der Waals surface area contributed by atoms with Gasteiger partial charge in [0.15, 0.2) is 0 Å². The molecule has 3 nitrogen and oxygen atoms in total. The van der Waals surface area contributed by atoms with E-state index in [0.29, 0.717) is 17.9 Å². The number of halogens is 2. The van der Waals surface area contributed by atoms with Crippen molar-refractivity contribution in [1.82, 2.24) is 0 Å². The van der Waals surface area contributed by atoms with Crippen LogP contribution < -0.4 is 4.74 Å². The number of carbonyl (C=O) groups is 1. The SMILES string of the molecule is CCOc1c(Br)cc(Br)cc1/C=C/C(=O)O. The fraction of sp³-hybridized carbons (Fsp3) is 0.182. The molecular formula is C11H10Br2O3. The lowest BCUT2D eigenvalue weighted by atomic mass is 10.2. The van der Waals surface area contributed by atoms with Crippen LogP contribution in [0.25, 0.3) is 6.08 Å². The molecule has 0 amide bonds. The summed E-state index contributed by atoms with van der Waals surface area (Å²) in [6.45, 7) is 2.40. The second kappa shape index (κ2) is 6.06. The summed E-state index contributed by atoms with van der Waals surface area (Å²) in [4.78, 5) is 10.5. The van der Waals surface area contributed by atoms with E-state index in [4.69, 9.17) is 9.84 Å². The van der Waals surface area contributed by atoms with Gasteiger partial charge in [0.2, 0.25) is 0 Å². The summed E-state index contributed by atoms with van der Waals surface area (Å²) in [5, 5.41) is 8.58. The number of hydrogen-bond donors (Lipinski definition) is 1. The molecule has 0 atom stereocenters. The molecule has 0 radical (unpaired) electrons. The minimum absolute atomic E-state index is 0.522. The molecule has 0 aliphatic carbocycles. The molecule has 0 saturated carbocycles. The van der Waals surface area contributed by atoms with Crippen LogP contribution in [-0.2, 0) is 4.79 Å². The van der Waals surface area contributed by atoms with Crippen LogP contribution in [0.4, 0.5) is 0 Å². The molecule has 0 heterocycles. The topological polar surface area (TPSA) is 46.5 Å². The van der Waals surface area contributed by atoms with Gasteiger partial charge in [-0.05, 0) is 41.1 Å². The molecule has 0 bridgehead atoms. The predicted molar refractivity (Wildman–Crippen MR) is 69.7 cm³/mol. The average Bonchev–Trinajstić information content (AvgIpc) is 2.19. The second-order valence-electron chi connectivity index (χ2n) is 2.91. The van der Waals surface area contributed by atoms with Gasteiger partial charge in [-0.25, -0.2) is 4.79 Å². The number of carboxylic acid groups (broad SMARTS) is 1. The minimum atomic E-state index is -0.987. The average molecular weight is 350 g/mol. The maximum absolute atomic E-state index is 10.5. The van der Waals surface area contributed by atoms with Crippen molar-refractivity contribution in [3.8, 4) is 5.75 Å². The van der Waals surface area contributed by atoms with Gasteiger partial charge in [0.25, 0.3) is 0 Å². The van der Waals surface area contributed by atoms with Crippen LogP contribution in [0.5, 0.6) is 5.75 Å². The highest BCUT2D eigenvalue weighted by molar-refractivity contribution is 9.11. The Labute approximate surface area is 110 Å². The number of carboxylic acids is 1. The van der Waals surface area contributed by atoms with Crippen LogP contribution in [0, 0.1) is 0 Å². The van der Waals surface area contributed by atoms with Crippen LogP contribution in [0.15, 0.2) is 27.2 Å². The molecule has 0 spiro atoms. The number of benzene rings is 1. The number of rotatable bonds is 4. The first-order chi connectivity index (χ1) is 7.54. The first-order valence-electron chi connectivity index (χ1n) is 4.57. The van der Waals surface area contributed by atoms with Crippen LogP contribution in [-0.4, -0.2) is 17.7 Å². The third kappa shape index (κ3) is 3.64. The summed E-state index contributed by atoms with van der Waals surface area (Å²) in [7, 11) is 0. The fourth-order valence-corrected chi connectivity index (χ4v) is 2.53. The van der Waals surface area contributed by atoms with Gasteiger partial charge < -0.3 is 9.84 Å². The molecule has 0 fully saturated rings. The van der Waals surface area contributed by atoms with E-state index in [-0.39, 0.29) is 0 Å². The Morgan fingerprint density at radius 2 is 2.19 bits per heavy atom. The highest BCUT2D eigenvalue weighted by Crippen LogP contribution is 2.33. The fourth-order valence-electron chi connectivity index (χ4n) is 1.16. The molecule has 0 aliphatic heterocycles. The Kier molecular flexibility index (Phi) is 5.02. The highest BCUT2D eigenvalue weighted by Gasteiger charge is 2.07. The molecule has 16 heavy (non-hydrogen) atoms. The zero-order valence-electron chi connectivity index (χ0n) is 8.54. The summed E-state index contributed by atoms with van der Waals surface area (Å²) in [6.07, 6.45) is 2.58. The minimum Gasteiger partial charge on any atom is -0.492 e.